The number of carbonyl (C=O) groups is 1. The SMILES string of the molecule is CC(C)(C)[Si](C)(C)Oc1cc(C(=O)O)cc2c1OC(c1ccccc1)(c1ccccc1)O2. The van der Waals surface area contributed by atoms with Crippen molar-refractivity contribution in [2.24, 2.45) is 0 Å². The molecule has 6 heteroatoms. The van der Waals surface area contributed by atoms with Gasteiger partial charge in [-0.3, -0.25) is 0 Å². The van der Waals surface area contributed by atoms with Crippen molar-refractivity contribution in [2.45, 2.75) is 44.7 Å². The highest BCUT2D eigenvalue weighted by Crippen LogP contribution is 2.53. The predicted octanol–water partition coefficient (Wildman–Crippen LogP) is 6.44. The molecular weight excluding hydrogens is 420 g/mol. The van der Waals surface area contributed by atoms with E-state index in [2.05, 4.69) is 33.9 Å². The Hall–Kier alpha value is -3.25. The molecule has 166 valence electrons. The second-order valence-electron chi connectivity index (χ2n) is 9.52. The van der Waals surface area contributed by atoms with Gasteiger partial charge in [0.1, 0.15) is 0 Å². The number of fused-ring (bicyclic) bond motifs is 1. The zero-order chi connectivity index (χ0) is 23.1. The topological polar surface area (TPSA) is 65.0 Å². The monoisotopic (exact) mass is 448 g/mol. The summed E-state index contributed by atoms with van der Waals surface area (Å²) in [6.07, 6.45) is 0. The molecule has 5 nitrogen and oxygen atoms in total. The van der Waals surface area contributed by atoms with Crippen LogP contribution in [0.1, 0.15) is 42.3 Å². The van der Waals surface area contributed by atoms with Crippen LogP contribution in [0.3, 0.4) is 0 Å². The van der Waals surface area contributed by atoms with Crippen LogP contribution < -0.4 is 13.9 Å². The first-order valence-corrected chi connectivity index (χ1v) is 13.5. The maximum atomic E-state index is 11.9. The molecule has 0 aliphatic carbocycles. The highest BCUT2D eigenvalue weighted by Gasteiger charge is 2.48. The maximum Gasteiger partial charge on any atom is 0.335 e. The van der Waals surface area contributed by atoms with Gasteiger partial charge in [-0.25, -0.2) is 4.79 Å². The van der Waals surface area contributed by atoms with Crippen LogP contribution in [-0.2, 0) is 5.79 Å². The maximum absolute atomic E-state index is 11.9. The van der Waals surface area contributed by atoms with Crippen LogP contribution in [0.15, 0.2) is 72.8 Å². The van der Waals surface area contributed by atoms with E-state index >= 15 is 0 Å². The molecule has 32 heavy (non-hydrogen) atoms. The molecule has 1 aliphatic rings. The van der Waals surface area contributed by atoms with Crippen molar-refractivity contribution >= 4 is 14.3 Å². The Morgan fingerprint density at radius 2 is 1.44 bits per heavy atom. The molecule has 1 N–H and O–H groups in total. The van der Waals surface area contributed by atoms with Gasteiger partial charge in [-0.05, 0) is 30.3 Å². The van der Waals surface area contributed by atoms with E-state index < -0.39 is 20.1 Å². The number of hydrogen-bond donors (Lipinski definition) is 1. The average Bonchev–Trinajstić information content (AvgIpc) is 3.15. The van der Waals surface area contributed by atoms with Crippen LogP contribution in [0.25, 0.3) is 0 Å². The molecule has 0 atom stereocenters. The highest BCUT2D eigenvalue weighted by molar-refractivity contribution is 6.74. The van der Waals surface area contributed by atoms with E-state index in [1.165, 1.54) is 12.1 Å². The molecular formula is C26H28O5Si. The molecule has 3 aromatic rings. The fraction of sp³-hybridized carbons (Fsp3) is 0.269. The van der Waals surface area contributed by atoms with E-state index in [1.54, 1.807) is 0 Å². The Balaban J connectivity index is 1.89. The Bertz CT molecular complexity index is 1090. The number of aromatic carboxylic acids is 1. The minimum atomic E-state index is -2.28. The first-order valence-electron chi connectivity index (χ1n) is 10.6. The van der Waals surface area contributed by atoms with E-state index in [4.69, 9.17) is 13.9 Å². The van der Waals surface area contributed by atoms with Crippen LogP contribution >= 0.6 is 0 Å². The Morgan fingerprint density at radius 1 is 0.906 bits per heavy atom. The van der Waals surface area contributed by atoms with E-state index in [9.17, 15) is 9.90 Å². The van der Waals surface area contributed by atoms with E-state index in [1.807, 2.05) is 60.7 Å². The lowest BCUT2D eigenvalue weighted by Gasteiger charge is -2.36. The van der Waals surface area contributed by atoms with Crippen molar-refractivity contribution in [1.82, 2.24) is 0 Å². The van der Waals surface area contributed by atoms with Gasteiger partial charge < -0.3 is 19.0 Å². The van der Waals surface area contributed by atoms with Crippen molar-refractivity contribution in [3.05, 3.63) is 89.5 Å². The molecule has 0 spiro atoms. The zero-order valence-corrected chi connectivity index (χ0v) is 20.0. The third-order valence-electron chi connectivity index (χ3n) is 6.25. The minimum absolute atomic E-state index is 0.0749. The van der Waals surface area contributed by atoms with Gasteiger partial charge in [0.25, 0.3) is 8.32 Å². The van der Waals surface area contributed by atoms with E-state index in [0.29, 0.717) is 17.2 Å². The molecule has 0 radical (unpaired) electrons. The number of carboxylic acid groups (broad SMARTS) is 1. The average molecular weight is 449 g/mol. The van der Waals surface area contributed by atoms with E-state index in [-0.39, 0.29) is 10.6 Å². The van der Waals surface area contributed by atoms with Crippen LogP contribution in [0.4, 0.5) is 0 Å². The molecule has 0 saturated carbocycles. The third-order valence-corrected chi connectivity index (χ3v) is 10.6. The van der Waals surface area contributed by atoms with Crippen molar-refractivity contribution in [3.63, 3.8) is 0 Å². The summed E-state index contributed by atoms with van der Waals surface area (Å²) in [6.45, 7) is 10.6. The summed E-state index contributed by atoms with van der Waals surface area (Å²) in [5.74, 6) is -1.11. The van der Waals surface area contributed by atoms with Crippen LogP contribution in [0.2, 0.25) is 18.1 Å². The second kappa shape index (κ2) is 7.71. The lowest BCUT2D eigenvalue weighted by atomic mass is 9.97. The normalized spacial score (nSPS) is 14.8. The molecule has 0 aromatic heterocycles. The lowest BCUT2D eigenvalue weighted by molar-refractivity contribution is -0.0465. The van der Waals surface area contributed by atoms with Crippen molar-refractivity contribution in [2.75, 3.05) is 0 Å². The molecule has 0 fully saturated rings. The van der Waals surface area contributed by atoms with Crippen LogP contribution in [0.5, 0.6) is 17.2 Å². The fourth-order valence-corrected chi connectivity index (χ4v) is 4.42. The smallest absolute Gasteiger partial charge is 0.335 e. The number of rotatable bonds is 5. The number of ether oxygens (including phenoxy) is 2. The van der Waals surface area contributed by atoms with Gasteiger partial charge in [-0.2, -0.15) is 0 Å². The first kappa shape index (κ1) is 22.0. The van der Waals surface area contributed by atoms with Gasteiger partial charge in [-0.1, -0.05) is 81.4 Å². The summed E-state index contributed by atoms with van der Waals surface area (Å²) in [5, 5.41) is 9.65. The molecule has 0 unspecified atom stereocenters. The summed E-state index contributed by atoms with van der Waals surface area (Å²) >= 11 is 0. The van der Waals surface area contributed by atoms with Crippen molar-refractivity contribution < 1.29 is 23.8 Å². The quantitative estimate of drug-likeness (QED) is 0.455. The number of carboxylic acids is 1. The molecule has 3 aromatic carbocycles. The predicted molar refractivity (Wildman–Crippen MR) is 126 cm³/mol. The van der Waals surface area contributed by atoms with Crippen molar-refractivity contribution in [3.8, 4) is 17.2 Å². The van der Waals surface area contributed by atoms with Gasteiger partial charge >= 0.3 is 11.8 Å². The lowest BCUT2D eigenvalue weighted by Crippen LogP contribution is -2.44. The Labute approximate surface area is 189 Å². The van der Waals surface area contributed by atoms with Gasteiger partial charge in [0.15, 0.2) is 11.5 Å². The van der Waals surface area contributed by atoms with Gasteiger partial charge in [0.05, 0.1) is 5.56 Å². The Kier molecular flexibility index (Phi) is 5.29. The standard InChI is InChI=1S/C26H28O5Si/c1-25(2,3)32(4,5)31-22-17-18(24(27)28)16-21-23(22)30-26(29-21,19-12-8-6-9-13-19)20-14-10-7-11-15-20/h6-17H,1-5H3,(H,27,28). The summed E-state index contributed by atoms with van der Waals surface area (Å²) < 4.78 is 19.6. The molecule has 0 saturated heterocycles. The first-order chi connectivity index (χ1) is 15.0. The minimum Gasteiger partial charge on any atom is -0.541 e. The second-order valence-corrected chi connectivity index (χ2v) is 14.2. The van der Waals surface area contributed by atoms with Crippen LogP contribution in [-0.4, -0.2) is 19.4 Å². The summed E-state index contributed by atoms with van der Waals surface area (Å²) in [5.41, 5.74) is 1.70. The zero-order valence-electron chi connectivity index (χ0n) is 19.0. The number of hydrogen-bond acceptors (Lipinski definition) is 4. The summed E-state index contributed by atoms with van der Waals surface area (Å²) in [4.78, 5) is 11.9. The fourth-order valence-electron chi connectivity index (χ4n) is 3.42. The molecule has 1 heterocycles. The third kappa shape index (κ3) is 3.75. The molecule has 4 rings (SSSR count). The molecule has 1 aliphatic heterocycles. The molecule has 0 bridgehead atoms. The van der Waals surface area contributed by atoms with Crippen LogP contribution in [0, 0.1) is 0 Å². The van der Waals surface area contributed by atoms with Gasteiger partial charge in [-0.15, -0.1) is 0 Å². The van der Waals surface area contributed by atoms with Gasteiger partial charge in [0.2, 0.25) is 5.75 Å². The molecule has 0 amide bonds. The van der Waals surface area contributed by atoms with E-state index in [0.717, 1.165) is 11.1 Å². The van der Waals surface area contributed by atoms with Gasteiger partial charge in [0, 0.05) is 11.1 Å². The van der Waals surface area contributed by atoms with Crippen molar-refractivity contribution in [1.29, 1.82) is 0 Å². The highest BCUT2D eigenvalue weighted by atomic mass is 28.4. The Morgan fingerprint density at radius 3 is 1.91 bits per heavy atom. The summed E-state index contributed by atoms with van der Waals surface area (Å²) in [7, 11) is -2.28. The largest absolute Gasteiger partial charge is 0.541 e. The number of benzene rings is 3. The summed E-state index contributed by atoms with van der Waals surface area (Å²) in [6, 6.07) is 22.3.